The molecule has 0 aromatic heterocycles. The Bertz CT molecular complexity index is 1080. The minimum Gasteiger partial charge on any atom is -0.394 e. The molecule has 6 unspecified atom stereocenters. The van der Waals surface area contributed by atoms with Crippen molar-refractivity contribution in [2.45, 2.75) is 425 Å². The largest absolute Gasteiger partial charge is 0.394 e. The van der Waals surface area contributed by atoms with Gasteiger partial charge in [0.15, 0.2) is 0 Å². The van der Waals surface area contributed by atoms with Crippen LogP contribution in [0.3, 0.4) is 0 Å². The molecule has 0 heterocycles. The van der Waals surface area contributed by atoms with Gasteiger partial charge in [0.2, 0.25) is 0 Å². The summed E-state index contributed by atoms with van der Waals surface area (Å²) in [7, 11) is 0. The monoisotopic (exact) mass is 1120 g/mol. The van der Waals surface area contributed by atoms with Gasteiger partial charge in [-0.15, -0.1) is 0 Å². The summed E-state index contributed by atoms with van der Waals surface area (Å²) in [4.78, 5) is 0. The maximum absolute atomic E-state index is 10.7. The van der Waals surface area contributed by atoms with Gasteiger partial charge in [0, 0.05) is 12.8 Å². The SMILES string of the molecule is CCCCCCCCC=CCCCCCCCCC(CCCCCCCCCC)CCCCC(CC(O)CO)OC(CCCCC(CCCCCCCCC=CCCCCCCCC)CCCCCCCCCC)CC(O)CO. The van der Waals surface area contributed by atoms with E-state index in [4.69, 9.17) is 4.74 Å². The lowest BCUT2D eigenvalue weighted by Crippen LogP contribution is -2.31. The van der Waals surface area contributed by atoms with Crippen molar-refractivity contribution in [3.05, 3.63) is 24.3 Å². The predicted octanol–water partition coefficient (Wildman–Crippen LogP) is 23.5. The van der Waals surface area contributed by atoms with Crippen molar-refractivity contribution in [3.8, 4) is 0 Å². The maximum Gasteiger partial charge on any atom is 0.0795 e. The minimum atomic E-state index is -0.798. The lowest BCUT2D eigenvalue weighted by molar-refractivity contribution is -0.0714. The van der Waals surface area contributed by atoms with Gasteiger partial charge >= 0.3 is 0 Å². The molecule has 0 aliphatic heterocycles. The van der Waals surface area contributed by atoms with E-state index in [1.807, 2.05) is 0 Å². The van der Waals surface area contributed by atoms with E-state index in [2.05, 4.69) is 52.0 Å². The Morgan fingerprint density at radius 1 is 0.253 bits per heavy atom. The number of hydrogen-bond acceptors (Lipinski definition) is 5. The molecule has 0 fully saturated rings. The van der Waals surface area contributed by atoms with Crippen molar-refractivity contribution in [2.75, 3.05) is 13.2 Å². The molecular weight excluding hydrogens is 969 g/mol. The van der Waals surface area contributed by atoms with Crippen LogP contribution in [0.15, 0.2) is 24.3 Å². The van der Waals surface area contributed by atoms with E-state index < -0.39 is 12.2 Å². The van der Waals surface area contributed by atoms with Gasteiger partial charge in [-0.2, -0.15) is 0 Å². The van der Waals surface area contributed by atoms with Crippen LogP contribution in [0.5, 0.6) is 0 Å². The summed E-state index contributed by atoms with van der Waals surface area (Å²) >= 11 is 0. The molecule has 79 heavy (non-hydrogen) atoms. The van der Waals surface area contributed by atoms with Gasteiger partial charge in [-0.3, -0.25) is 0 Å². The summed E-state index contributed by atoms with van der Waals surface area (Å²) < 4.78 is 6.84. The Morgan fingerprint density at radius 2 is 0.443 bits per heavy atom. The molecular formula is C74H146O5. The highest BCUT2D eigenvalue weighted by Gasteiger charge is 2.23. The van der Waals surface area contributed by atoms with E-state index in [1.54, 1.807) is 0 Å². The van der Waals surface area contributed by atoms with E-state index in [0.717, 1.165) is 37.5 Å². The van der Waals surface area contributed by atoms with Crippen LogP contribution in [0.2, 0.25) is 0 Å². The standard InChI is InChI=1S/C74H146O5/c1-5-9-13-17-21-25-27-29-31-33-35-37-39-43-47-51-59-69(57-49-45-41-23-19-15-11-7-3)61-53-55-63-73(65-71(77)67-75)79-74(66-72(78)68-76)64-56-54-62-70(58-50-46-42-24-20-16-12-8-4)60-52-48-44-40-38-36-34-32-30-28-26-22-18-14-10-6-2/h29-32,69-78H,5-28,33-68H2,1-4H3. The molecule has 5 nitrogen and oxygen atoms in total. The molecule has 0 amide bonds. The molecule has 6 atom stereocenters. The maximum atomic E-state index is 10.7. The third kappa shape index (κ3) is 60.2. The van der Waals surface area contributed by atoms with Gasteiger partial charge in [0.25, 0.3) is 0 Å². The van der Waals surface area contributed by atoms with E-state index in [1.165, 1.54) is 334 Å². The molecule has 0 bridgehead atoms. The number of hydrogen-bond donors (Lipinski definition) is 4. The molecule has 0 spiro atoms. The van der Waals surface area contributed by atoms with Crippen molar-refractivity contribution in [3.63, 3.8) is 0 Å². The van der Waals surface area contributed by atoms with Crippen molar-refractivity contribution in [1.29, 1.82) is 0 Å². The fraction of sp³-hybridized carbons (Fsp3) is 0.946. The molecule has 5 heteroatoms. The number of ether oxygens (including phenoxy) is 1. The highest BCUT2D eigenvalue weighted by Crippen LogP contribution is 2.29. The average Bonchev–Trinajstić information content (AvgIpc) is 3.45. The van der Waals surface area contributed by atoms with E-state index >= 15 is 0 Å². The lowest BCUT2D eigenvalue weighted by Gasteiger charge is -2.28. The zero-order valence-electron chi connectivity index (χ0n) is 54.4. The van der Waals surface area contributed by atoms with Crippen molar-refractivity contribution >= 4 is 0 Å². The molecule has 0 saturated carbocycles. The summed E-state index contributed by atoms with van der Waals surface area (Å²) in [6.45, 7) is 8.70. The molecule has 4 N–H and O–H groups in total. The quantitative estimate of drug-likeness (QED) is 0.0360. The minimum absolute atomic E-state index is 0.152. The van der Waals surface area contributed by atoms with Crippen molar-refractivity contribution in [2.24, 2.45) is 11.8 Å². The summed E-state index contributed by atoms with van der Waals surface area (Å²) in [5, 5.41) is 41.2. The highest BCUT2D eigenvalue weighted by molar-refractivity contribution is 4.82. The first kappa shape index (κ1) is 78.3. The van der Waals surface area contributed by atoms with Gasteiger partial charge in [0.05, 0.1) is 37.6 Å². The zero-order chi connectivity index (χ0) is 57.4. The second-order valence-corrected chi connectivity index (χ2v) is 25.8. The van der Waals surface area contributed by atoms with E-state index in [-0.39, 0.29) is 25.4 Å². The first-order valence-corrected chi connectivity index (χ1v) is 36.5. The van der Waals surface area contributed by atoms with Gasteiger partial charge < -0.3 is 25.2 Å². The smallest absolute Gasteiger partial charge is 0.0795 e. The second kappa shape index (κ2) is 66.4. The van der Waals surface area contributed by atoms with E-state index in [9.17, 15) is 20.4 Å². The Labute approximate surface area is 496 Å². The summed E-state index contributed by atoms with van der Waals surface area (Å²) in [5.74, 6) is 1.60. The van der Waals surface area contributed by atoms with Crippen LogP contribution in [0, 0.1) is 11.8 Å². The fourth-order valence-corrected chi connectivity index (χ4v) is 12.5. The molecule has 0 saturated heterocycles. The van der Waals surface area contributed by atoms with Crippen LogP contribution in [-0.4, -0.2) is 58.1 Å². The zero-order valence-corrected chi connectivity index (χ0v) is 54.4. The molecule has 0 radical (unpaired) electrons. The molecule has 0 aromatic rings. The highest BCUT2D eigenvalue weighted by atomic mass is 16.5. The Kier molecular flexibility index (Phi) is 65.8. The summed E-state index contributed by atoms with van der Waals surface area (Å²) in [5.41, 5.74) is 0. The van der Waals surface area contributed by atoms with Crippen LogP contribution >= 0.6 is 0 Å². The van der Waals surface area contributed by atoms with E-state index in [0.29, 0.717) is 12.8 Å². The molecule has 0 aliphatic carbocycles. The van der Waals surface area contributed by atoms with Crippen molar-refractivity contribution < 1.29 is 25.2 Å². The first-order chi connectivity index (χ1) is 38.9. The van der Waals surface area contributed by atoms with Gasteiger partial charge in [-0.05, 0) is 76.0 Å². The van der Waals surface area contributed by atoms with Gasteiger partial charge in [-0.25, -0.2) is 0 Å². The van der Waals surface area contributed by atoms with Crippen LogP contribution in [-0.2, 0) is 4.74 Å². The van der Waals surface area contributed by atoms with Crippen LogP contribution in [0.4, 0.5) is 0 Å². The average molecular weight is 1120 g/mol. The molecule has 472 valence electrons. The van der Waals surface area contributed by atoms with Gasteiger partial charge in [0.1, 0.15) is 0 Å². The molecule has 0 rings (SSSR count). The number of rotatable bonds is 68. The number of aliphatic hydroxyl groups excluding tert-OH is 4. The third-order valence-corrected chi connectivity index (χ3v) is 17.8. The van der Waals surface area contributed by atoms with Crippen LogP contribution < -0.4 is 0 Å². The fourth-order valence-electron chi connectivity index (χ4n) is 12.5. The first-order valence-electron chi connectivity index (χ1n) is 36.5. The normalized spacial score (nSPS) is 14.5. The topological polar surface area (TPSA) is 90.2 Å². The van der Waals surface area contributed by atoms with Gasteiger partial charge in [-0.1, -0.05) is 347 Å². The third-order valence-electron chi connectivity index (χ3n) is 17.8. The summed E-state index contributed by atoms with van der Waals surface area (Å²) in [6.07, 6.45) is 83.1. The Morgan fingerprint density at radius 3 is 0.671 bits per heavy atom. The van der Waals surface area contributed by atoms with Crippen LogP contribution in [0.25, 0.3) is 0 Å². The predicted molar refractivity (Wildman–Crippen MR) is 351 cm³/mol. The van der Waals surface area contributed by atoms with Crippen LogP contribution in [0.1, 0.15) is 400 Å². The molecule has 0 aliphatic rings. The van der Waals surface area contributed by atoms with Crippen molar-refractivity contribution in [1.82, 2.24) is 0 Å². The second-order valence-electron chi connectivity index (χ2n) is 25.8. The Balaban J connectivity index is 5.17. The summed E-state index contributed by atoms with van der Waals surface area (Å²) in [6, 6.07) is 0. The Hall–Kier alpha value is -0.720. The molecule has 0 aromatic carbocycles. The number of aliphatic hydroxyl groups is 4. The lowest BCUT2D eigenvalue weighted by atomic mass is 9.89. The number of unbranched alkanes of at least 4 members (excludes halogenated alkanes) is 40. The number of allylic oxidation sites excluding steroid dienone is 4.